The zero-order valence-corrected chi connectivity index (χ0v) is 14.8. The molecular formula is C20H25N3O2. The molecule has 0 aliphatic rings. The maximum Gasteiger partial charge on any atom is 0.263 e. The van der Waals surface area contributed by atoms with Gasteiger partial charge in [-0.2, -0.15) is 0 Å². The molecule has 1 heterocycles. The number of carbonyl (C=O) groups is 1. The van der Waals surface area contributed by atoms with Crippen molar-refractivity contribution in [1.82, 2.24) is 15.2 Å². The average molecular weight is 339 g/mol. The lowest BCUT2D eigenvalue weighted by molar-refractivity contribution is 0.0961. The number of hydrogen-bond acceptors (Lipinski definition) is 3. The maximum atomic E-state index is 12.7. The Morgan fingerprint density at radius 3 is 2.60 bits per heavy atom. The van der Waals surface area contributed by atoms with Crippen molar-refractivity contribution in [2.24, 2.45) is 0 Å². The predicted molar refractivity (Wildman–Crippen MR) is 102 cm³/mol. The van der Waals surface area contributed by atoms with Gasteiger partial charge in [-0.3, -0.25) is 9.59 Å². The molecule has 5 nitrogen and oxygen atoms in total. The van der Waals surface area contributed by atoms with Crippen LogP contribution in [0.15, 0.2) is 54.0 Å². The van der Waals surface area contributed by atoms with Crippen molar-refractivity contribution in [3.05, 3.63) is 76.2 Å². The second-order valence-corrected chi connectivity index (χ2v) is 5.90. The molecule has 1 aromatic carbocycles. The van der Waals surface area contributed by atoms with Crippen molar-refractivity contribution in [2.75, 3.05) is 13.6 Å². The Hall–Kier alpha value is -2.82. The molecule has 0 spiro atoms. The number of hydrogen-bond donors (Lipinski definition) is 2. The van der Waals surface area contributed by atoms with Crippen molar-refractivity contribution in [3.63, 3.8) is 0 Å². The van der Waals surface area contributed by atoms with Gasteiger partial charge in [0.1, 0.15) is 5.56 Å². The first-order valence-electron chi connectivity index (χ1n) is 8.50. The fraction of sp³-hybridized carbons (Fsp3) is 0.300. The minimum Gasteiger partial charge on any atom is -0.385 e. The van der Waals surface area contributed by atoms with Crippen LogP contribution in [0.2, 0.25) is 0 Å². The molecule has 0 aliphatic heterocycles. The number of nitrogens with zero attached hydrogens (tertiary/aromatic N) is 1. The first kappa shape index (κ1) is 18.5. The number of unbranched alkanes of at least 4 members (excludes halogenated alkanes) is 1. The van der Waals surface area contributed by atoms with Gasteiger partial charge >= 0.3 is 0 Å². The van der Waals surface area contributed by atoms with Gasteiger partial charge in [0, 0.05) is 31.0 Å². The second-order valence-electron chi connectivity index (χ2n) is 5.90. The molecule has 0 atom stereocenters. The van der Waals surface area contributed by atoms with Crippen LogP contribution in [0.1, 0.15) is 41.3 Å². The molecule has 5 heteroatoms. The van der Waals surface area contributed by atoms with Crippen molar-refractivity contribution < 1.29 is 4.79 Å². The minimum atomic E-state index is -0.394. The molecule has 0 unspecified atom stereocenters. The molecule has 0 bridgehead atoms. The van der Waals surface area contributed by atoms with Gasteiger partial charge in [0.25, 0.3) is 11.5 Å². The van der Waals surface area contributed by atoms with Gasteiger partial charge in [0.05, 0.1) is 6.54 Å². The molecule has 132 valence electrons. The Kier molecular flexibility index (Phi) is 6.57. The summed E-state index contributed by atoms with van der Waals surface area (Å²) < 4.78 is 1.56. The summed E-state index contributed by atoms with van der Waals surface area (Å²) in [5, 5.41) is 5.78. The van der Waals surface area contributed by atoms with E-state index in [0.29, 0.717) is 12.2 Å². The molecule has 0 fully saturated rings. The van der Waals surface area contributed by atoms with Gasteiger partial charge in [0.15, 0.2) is 0 Å². The lowest BCUT2D eigenvalue weighted by Gasteiger charge is -2.14. The standard InChI is InChI=1S/C20H25N3O2/c1-4-5-11-22-15(2)17-12-18(19(24)21-3)20(25)23(14-17)13-16-9-7-6-8-10-16/h6-10,12,14,22H,2,4-5,11,13H2,1,3H3,(H,21,24). The summed E-state index contributed by atoms with van der Waals surface area (Å²) in [7, 11) is 1.52. The molecule has 2 rings (SSSR count). The van der Waals surface area contributed by atoms with Crippen LogP contribution in [-0.4, -0.2) is 24.1 Å². The van der Waals surface area contributed by atoms with E-state index in [2.05, 4.69) is 24.1 Å². The van der Waals surface area contributed by atoms with E-state index in [0.717, 1.165) is 30.5 Å². The summed E-state index contributed by atoms with van der Waals surface area (Å²) in [6.45, 7) is 7.37. The third-order valence-corrected chi connectivity index (χ3v) is 3.97. The third-order valence-electron chi connectivity index (χ3n) is 3.97. The molecule has 0 radical (unpaired) electrons. The quantitative estimate of drug-likeness (QED) is 0.727. The summed E-state index contributed by atoms with van der Waals surface area (Å²) in [5.74, 6) is -0.394. The smallest absolute Gasteiger partial charge is 0.263 e. The third kappa shape index (κ3) is 4.83. The zero-order chi connectivity index (χ0) is 18.2. The van der Waals surface area contributed by atoms with Gasteiger partial charge < -0.3 is 15.2 Å². The van der Waals surface area contributed by atoms with Crippen LogP contribution in [0, 0.1) is 0 Å². The monoisotopic (exact) mass is 339 g/mol. The Bertz CT molecular complexity index is 794. The Labute approximate surface area is 148 Å². The van der Waals surface area contributed by atoms with Crippen LogP contribution in [0.4, 0.5) is 0 Å². The number of rotatable bonds is 8. The molecular weight excluding hydrogens is 314 g/mol. The molecule has 1 amide bonds. The highest BCUT2D eigenvalue weighted by molar-refractivity contribution is 5.94. The number of amides is 1. The Morgan fingerprint density at radius 1 is 1.24 bits per heavy atom. The maximum absolute atomic E-state index is 12.7. The minimum absolute atomic E-state index is 0.120. The number of carbonyl (C=O) groups excluding carboxylic acids is 1. The first-order valence-corrected chi connectivity index (χ1v) is 8.50. The van der Waals surface area contributed by atoms with Gasteiger partial charge in [-0.15, -0.1) is 0 Å². The lowest BCUT2D eigenvalue weighted by atomic mass is 10.1. The molecule has 2 aromatic rings. The van der Waals surface area contributed by atoms with Gasteiger partial charge in [-0.25, -0.2) is 0 Å². The Balaban J connectivity index is 2.39. The summed E-state index contributed by atoms with van der Waals surface area (Å²) in [5.41, 5.74) is 2.25. The van der Waals surface area contributed by atoms with Crippen molar-refractivity contribution in [1.29, 1.82) is 0 Å². The van der Waals surface area contributed by atoms with E-state index in [9.17, 15) is 9.59 Å². The molecule has 1 aromatic heterocycles. The van der Waals surface area contributed by atoms with E-state index < -0.39 is 5.91 Å². The molecule has 2 N–H and O–H groups in total. The van der Waals surface area contributed by atoms with Crippen LogP contribution >= 0.6 is 0 Å². The van der Waals surface area contributed by atoms with E-state index in [1.165, 1.54) is 7.05 Å². The Morgan fingerprint density at radius 2 is 1.96 bits per heavy atom. The van der Waals surface area contributed by atoms with Crippen LogP contribution in [0.5, 0.6) is 0 Å². The zero-order valence-electron chi connectivity index (χ0n) is 14.8. The molecule has 0 saturated heterocycles. The summed E-state index contributed by atoms with van der Waals surface area (Å²) >= 11 is 0. The fourth-order valence-electron chi connectivity index (χ4n) is 2.51. The second kappa shape index (κ2) is 8.87. The summed E-state index contributed by atoms with van der Waals surface area (Å²) in [6, 6.07) is 11.3. The molecule has 0 saturated carbocycles. The number of aromatic nitrogens is 1. The van der Waals surface area contributed by atoms with Crippen molar-refractivity contribution in [2.45, 2.75) is 26.3 Å². The van der Waals surface area contributed by atoms with E-state index in [-0.39, 0.29) is 11.1 Å². The van der Waals surface area contributed by atoms with Crippen molar-refractivity contribution in [3.8, 4) is 0 Å². The van der Waals surface area contributed by atoms with E-state index in [1.807, 2.05) is 30.3 Å². The summed E-state index contributed by atoms with van der Waals surface area (Å²) in [4.78, 5) is 24.8. The molecule has 25 heavy (non-hydrogen) atoms. The van der Waals surface area contributed by atoms with Crippen LogP contribution in [0.25, 0.3) is 5.70 Å². The van der Waals surface area contributed by atoms with Crippen LogP contribution in [-0.2, 0) is 6.54 Å². The van der Waals surface area contributed by atoms with Crippen molar-refractivity contribution >= 4 is 11.6 Å². The number of pyridine rings is 1. The lowest BCUT2D eigenvalue weighted by Crippen LogP contribution is -2.32. The largest absolute Gasteiger partial charge is 0.385 e. The predicted octanol–water partition coefficient (Wildman–Crippen LogP) is 2.62. The number of benzene rings is 1. The normalized spacial score (nSPS) is 10.3. The molecule has 0 aliphatic carbocycles. The van der Waals surface area contributed by atoms with Gasteiger partial charge in [0.2, 0.25) is 0 Å². The van der Waals surface area contributed by atoms with E-state index in [1.54, 1.807) is 16.8 Å². The van der Waals surface area contributed by atoms with Crippen LogP contribution in [0.3, 0.4) is 0 Å². The highest BCUT2D eigenvalue weighted by atomic mass is 16.2. The highest BCUT2D eigenvalue weighted by Crippen LogP contribution is 2.11. The fourth-order valence-corrected chi connectivity index (χ4v) is 2.51. The van der Waals surface area contributed by atoms with E-state index >= 15 is 0 Å². The average Bonchev–Trinajstić information content (AvgIpc) is 2.63. The van der Waals surface area contributed by atoms with Crippen LogP contribution < -0.4 is 16.2 Å². The number of nitrogens with one attached hydrogen (secondary N) is 2. The van der Waals surface area contributed by atoms with E-state index in [4.69, 9.17) is 0 Å². The summed E-state index contributed by atoms with van der Waals surface area (Å²) in [6.07, 6.45) is 3.87. The SMILES string of the molecule is C=C(NCCCC)c1cc(C(=O)NC)c(=O)n(Cc2ccccc2)c1. The van der Waals surface area contributed by atoms with Gasteiger partial charge in [-0.05, 0) is 18.1 Å². The highest BCUT2D eigenvalue weighted by Gasteiger charge is 2.14. The first-order chi connectivity index (χ1) is 12.1. The topological polar surface area (TPSA) is 63.1 Å². The van der Waals surface area contributed by atoms with Gasteiger partial charge in [-0.1, -0.05) is 50.3 Å².